The summed E-state index contributed by atoms with van der Waals surface area (Å²) >= 11 is 0. The molecule has 4 fully saturated rings. The first-order valence-corrected chi connectivity index (χ1v) is 9.50. The van der Waals surface area contributed by atoms with Crippen molar-refractivity contribution in [2.24, 2.45) is 22.7 Å². The number of nitrogens with one attached hydrogen (secondary N) is 2. The maximum absolute atomic E-state index is 13.5. The van der Waals surface area contributed by atoms with Gasteiger partial charge < -0.3 is 20.4 Å². The number of aliphatic hydroxyl groups is 4. The van der Waals surface area contributed by atoms with Crippen molar-refractivity contribution in [3.05, 3.63) is 0 Å². The van der Waals surface area contributed by atoms with Crippen LogP contribution >= 0.6 is 0 Å². The fourth-order valence-corrected chi connectivity index (χ4v) is 5.77. The molecule has 4 heterocycles. The Balaban J connectivity index is 1.95. The van der Waals surface area contributed by atoms with Crippen molar-refractivity contribution in [2.75, 3.05) is 32.8 Å². The van der Waals surface area contributed by atoms with Crippen molar-refractivity contribution in [3.8, 4) is 0 Å². The average molecular weight is 358 g/mol. The normalized spacial score (nSPS) is 43.8. The third-order valence-electron chi connectivity index (χ3n) is 7.44. The van der Waals surface area contributed by atoms with E-state index in [-0.39, 0.29) is 28.8 Å². The van der Waals surface area contributed by atoms with Crippen LogP contribution in [-0.4, -0.2) is 83.5 Å². The fourth-order valence-electron chi connectivity index (χ4n) is 5.77. The van der Waals surface area contributed by atoms with E-state index in [9.17, 15) is 20.1 Å². The van der Waals surface area contributed by atoms with E-state index < -0.39 is 24.9 Å². The molecule has 7 nitrogen and oxygen atoms in total. The number of rotatable bonds is 6. The molecule has 4 bridgehead atoms. The molecule has 0 amide bonds. The standard InChI is InChI=1S/C18H32N2O5/c1-10(2)17-6-19-8-18(11(3)4,16(17)25)9-20(7-17)15(19)14(24)13(23)12(22)5-21/h10-15,21-24H,5-9H2,1-4H3/p+2/t12-,13-,14+,15?,17?,18?/m1/s1. The van der Waals surface area contributed by atoms with Gasteiger partial charge in [-0.3, -0.25) is 14.6 Å². The molecule has 0 aliphatic carbocycles. The summed E-state index contributed by atoms with van der Waals surface area (Å²) < 4.78 is 0. The second-order valence-electron chi connectivity index (χ2n) is 9.18. The van der Waals surface area contributed by atoms with Crippen molar-refractivity contribution in [1.82, 2.24) is 0 Å². The van der Waals surface area contributed by atoms with Gasteiger partial charge in [-0.1, -0.05) is 27.7 Å². The average Bonchev–Trinajstić information content (AvgIpc) is 2.55. The SMILES string of the molecule is CC(C)C12C[NH+]3CC(C(C)C)(C[NH+](C1)C3[C@@H](O)[C@H](O)[C@H](O)CO)C2=O. The van der Waals surface area contributed by atoms with Gasteiger partial charge in [0.15, 0.2) is 11.9 Å². The first-order chi connectivity index (χ1) is 11.6. The van der Waals surface area contributed by atoms with E-state index in [1.165, 1.54) is 0 Å². The van der Waals surface area contributed by atoms with E-state index >= 15 is 0 Å². The minimum atomic E-state index is -1.38. The van der Waals surface area contributed by atoms with Crippen molar-refractivity contribution < 1.29 is 35.0 Å². The number of carbonyl (C=O) groups excluding carboxylic acids is 1. The zero-order chi connectivity index (χ0) is 18.7. The molecule has 144 valence electrons. The van der Waals surface area contributed by atoms with Gasteiger partial charge in [0.25, 0.3) is 0 Å². The fraction of sp³-hybridized carbons (Fsp3) is 0.944. The van der Waals surface area contributed by atoms with Crippen molar-refractivity contribution >= 4 is 5.78 Å². The summed E-state index contributed by atoms with van der Waals surface area (Å²) in [4.78, 5) is 15.7. The van der Waals surface area contributed by atoms with Gasteiger partial charge in [-0.25, -0.2) is 0 Å². The molecule has 0 saturated carbocycles. The van der Waals surface area contributed by atoms with Crippen molar-refractivity contribution in [3.63, 3.8) is 0 Å². The third-order valence-corrected chi connectivity index (χ3v) is 7.44. The smallest absolute Gasteiger partial charge is 0.242 e. The van der Waals surface area contributed by atoms with Gasteiger partial charge in [-0.05, 0) is 11.8 Å². The number of hydrogen-bond donors (Lipinski definition) is 6. The zero-order valence-electron chi connectivity index (χ0n) is 15.7. The van der Waals surface area contributed by atoms with Crippen LogP contribution in [0.5, 0.6) is 0 Å². The van der Waals surface area contributed by atoms with Crippen LogP contribution in [0.4, 0.5) is 0 Å². The summed E-state index contributed by atoms with van der Waals surface area (Å²) in [6, 6.07) is 0. The van der Waals surface area contributed by atoms with Crippen LogP contribution in [-0.2, 0) is 4.79 Å². The summed E-state index contributed by atoms with van der Waals surface area (Å²) in [7, 11) is 0. The second-order valence-corrected chi connectivity index (χ2v) is 9.18. The van der Waals surface area contributed by atoms with Gasteiger partial charge in [0.05, 0.1) is 6.61 Å². The first-order valence-electron chi connectivity index (χ1n) is 9.50. The van der Waals surface area contributed by atoms with E-state index in [4.69, 9.17) is 5.11 Å². The summed E-state index contributed by atoms with van der Waals surface area (Å²) in [6.07, 6.45) is -4.14. The largest absolute Gasteiger partial charge is 0.394 e. The van der Waals surface area contributed by atoms with Crippen LogP contribution in [0.25, 0.3) is 0 Å². The van der Waals surface area contributed by atoms with Gasteiger partial charge in [-0.2, -0.15) is 0 Å². The highest BCUT2D eigenvalue weighted by Gasteiger charge is 2.73. The Bertz CT molecular complexity index is 492. The van der Waals surface area contributed by atoms with Gasteiger partial charge in [0.1, 0.15) is 49.2 Å². The summed E-state index contributed by atoms with van der Waals surface area (Å²) in [6.45, 7) is 10.5. The number of quaternary nitrogens is 2. The molecule has 0 aromatic heterocycles. The highest BCUT2D eigenvalue weighted by Crippen LogP contribution is 2.44. The molecule has 4 aliphatic rings. The lowest BCUT2D eigenvalue weighted by Crippen LogP contribution is -3.46. The number of ketones is 1. The highest BCUT2D eigenvalue weighted by molar-refractivity contribution is 5.92. The van der Waals surface area contributed by atoms with Gasteiger partial charge in [0, 0.05) is 0 Å². The molecule has 7 heteroatoms. The van der Waals surface area contributed by atoms with Crippen LogP contribution in [0, 0.1) is 22.7 Å². The van der Waals surface area contributed by atoms with E-state index in [0.717, 1.165) is 9.80 Å². The topological polar surface area (TPSA) is 107 Å². The molecule has 25 heavy (non-hydrogen) atoms. The number of hydrogen-bond acceptors (Lipinski definition) is 5. The number of Topliss-reactive ketones (excluding diaryl/α,β-unsaturated/α-hetero) is 1. The number of carbonyl (C=O) groups is 1. The molecule has 0 aromatic carbocycles. The lowest BCUT2D eigenvalue weighted by atomic mass is 9.53. The molecule has 0 unspecified atom stereocenters. The van der Waals surface area contributed by atoms with E-state index in [1.807, 2.05) is 0 Å². The lowest BCUT2D eigenvalue weighted by molar-refractivity contribution is -1.17. The molecule has 4 rings (SSSR count). The summed E-state index contributed by atoms with van der Waals surface area (Å²) in [5.41, 5.74) is -0.746. The van der Waals surface area contributed by atoms with E-state index in [0.29, 0.717) is 32.0 Å². The Hall–Kier alpha value is -0.570. The maximum Gasteiger partial charge on any atom is 0.242 e. The monoisotopic (exact) mass is 358 g/mol. The Kier molecular flexibility index (Phi) is 4.80. The predicted octanol–water partition coefficient (Wildman–Crippen LogP) is -3.95. The van der Waals surface area contributed by atoms with Crippen LogP contribution in [0.15, 0.2) is 0 Å². The molecule has 6 N–H and O–H groups in total. The predicted molar refractivity (Wildman–Crippen MR) is 89.8 cm³/mol. The minimum absolute atomic E-state index is 0.231. The van der Waals surface area contributed by atoms with E-state index in [2.05, 4.69) is 27.7 Å². The van der Waals surface area contributed by atoms with E-state index in [1.54, 1.807) is 0 Å². The van der Waals surface area contributed by atoms with Gasteiger partial charge in [-0.15, -0.1) is 0 Å². The lowest BCUT2D eigenvalue weighted by Gasteiger charge is -2.63. The Morgan fingerprint density at radius 1 is 0.960 bits per heavy atom. The molecular formula is C18H34N2O5+2. The summed E-state index contributed by atoms with van der Waals surface area (Å²) in [5.74, 6) is 0.853. The third kappa shape index (κ3) is 2.51. The van der Waals surface area contributed by atoms with Gasteiger partial charge in [0.2, 0.25) is 6.17 Å². The molecular weight excluding hydrogens is 324 g/mol. The summed E-state index contributed by atoms with van der Waals surface area (Å²) in [5, 5.41) is 39.8. The zero-order valence-corrected chi connectivity index (χ0v) is 15.7. The minimum Gasteiger partial charge on any atom is -0.394 e. The molecule has 4 aliphatic heterocycles. The number of aliphatic hydroxyl groups excluding tert-OH is 4. The Morgan fingerprint density at radius 3 is 1.68 bits per heavy atom. The van der Waals surface area contributed by atoms with Crippen molar-refractivity contribution in [2.45, 2.75) is 52.2 Å². The second kappa shape index (κ2) is 6.25. The maximum atomic E-state index is 13.5. The van der Waals surface area contributed by atoms with Gasteiger partial charge >= 0.3 is 0 Å². The van der Waals surface area contributed by atoms with Crippen LogP contribution in [0.2, 0.25) is 0 Å². The Labute approximate surface area is 149 Å². The van der Waals surface area contributed by atoms with Crippen LogP contribution in [0.3, 0.4) is 0 Å². The number of piperidine rings is 2. The molecule has 0 aromatic rings. The highest BCUT2D eigenvalue weighted by atomic mass is 16.4. The Morgan fingerprint density at radius 2 is 1.36 bits per heavy atom. The van der Waals surface area contributed by atoms with Crippen LogP contribution in [0.1, 0.15) is 27.7 Å². The van der Waals surface area contributed by atoms with Crippen molar-refractivity contribution in [1.29, 1.82) is 0 Å². The van der Waals surface area contributed by atoms with Crippen LogP contribution < -0.4 is 9.80 Å². The molecule has 3 atom stereocenters. The molecule has 4 saturated heterocycles. The quantitative estimate of drug-likeness (QED) is 0.291. The first kappa shape index (κ1) is 19.2. The molecule has 0 spiro atoms. The molecule has 0 radical (unpaired) electrons.